The van der Waals surface area contributed by atoms with Gasteiger partial charge in [0, 0.05) is 0 Å². The standard InChI is InChI=1S/C28H25FN2O5/c1-3-18-8-11-22(12-9-18)31-27(33)23(26(32)30-28(31)34)15-19-10-13-24(25(16-19)35-4-2)36-17-20-6-5-7-21(29)14-20/h5-16H,3-4,17H2,1-2H3,(H,30,32,34)/b23-15+. The van der Waals surface area contributed by atoms with Crippen LogP contribution in [0.5, 0.6) is 11.5 Å². The van der Waals surface area contributed by atoms with Crippen molar-refractivity contribution in [2.75, 3.05) is 11.5 Å². The van der Waals surface area contributed by atoms with Gasteiger partial charge in [0.25, 0.3) is 11.8 Å². The predicted molar refractivity (Wildman–Crippen MR) is 133 cm³/mol. The Kier molecular flexibility index (Phi) is 7.44. The Bertz CT molecular complexity index is 1330. The van der Waals surface area contributed by atoms with Crippen molar-refractivity contribution in [1.29, 1.82) is 0 Å². The average Bonchev–Trinajstić information content (AvgIpc) is 2.86. The molecule has 36 heavy (non-hydrogen) atoms. The first-order chi connectivity index (χ1) is 17.4. The van der Waals surface area contributed by atoms with Crippen molar-refractivity contribution in [3.05, 3.63) is 94.8 Å². The second kappa shape index (κ2) is 10.9. The highest BCUT2D eigenvalue weighted by Crippen LogP contribution is 2.31. The van der Waals surface area contributed by atoms with E-state index in [2.05, 4.69) is 5.32 Å². The maximum Gasteiger partial charge on any atom is 0.335 e. The summed E-state index contributed by atoms with van der Waals surface area (Å²) in [7, 11) is 0. The highest BCUT2D eigenvalue weighted by atomic mass is 19.1. The van der Waals surface area contributed by atoms with Crippen LogP contribution in [0.1, 0.15) is 30.5 Å². The fraction of sp³-hybridized carbons (Fsp3) is 0.179. The summed E-state index contributed by atoms with van der Waals surface area (Å²) in [4.78, 5) is 39.1. The molecule has 1 N–H and O–H groups in total. The number of ether oxygens (including phenoxy) is 2. The summed E-state index contributed by atoms with van der Waals surface area (Å²) < 4.78 is 25.0. The van der Waals surface area contributed by atoms with Gasteiger partial charge in [-0.15, -0.1) is 0 Å². The van der Waals surface area contributed by atoms with E-state index in [1.54, 1.807) is 42.5 Å². The van der Waals surface area contributed by atoms with Crippen molar-refractivity contribution in [3.63, 3.8) is 0 Å². The van der Waals surface area contributed by atoms with E-state index >= 15 is 0 Å². The molecular weight excluding hydrogens is 463 g/mol. The molecular formula is C28H25FN2O5. The van der Waals surface area contributed by atoms with Crippen LogP contribution >= 0.6 is 0 Å². The predicted octanol–water partition coefficient (Wildman–Crippen LogP) is 5.03. The summed E-state index contributed by atoms with van der Waals surface area (Å²) in [5, 5.41) is 2.22. The van der Waals surface area contributed by atoms with Gasteiger partial charge in [-0.1, -0.05) is 37.3 Å². The quantitative estimate of drug-likeness (QED) is 0.355. The molecule has 0 saturated carbocycles. The van der Waals surface area contributed by atoms with Crippen molar-refractivity contribution in [1.82, 2.24) is 5.32 Å². The highest BCUT2D eigenvalue weighted by molar-refractivity contribution is 6.39. The van der Waals surface area contributed by atoms with E-state index in [1.165, 1.54) is 18.2 Å². The lowest BCUT2D eigenvalue weighted by Crippen LogP contribution is -2.54. The van der Waals surface area contributed by atoms with Crippen LogP contribution in [0.2, 0.25) is 0 Å². The Hall–Kier alpha value is -4.46. The van der Waals surface area contributed by atoms with E-state index in [0.29, 0.717) is 34.9 Å². The Balaban J connectivity index is 1.60. The molecule has 0 bridgehead atoms. The molecule has 1 saturated heterocycles. The van der Waals surface area contributed by atoms with Crippen molar-refractivity contribution < 1.29 is 28.2 Å². The van der Waals surface area contributed by atoms with Gasteiger partial charge in [-0.3, -0.25) is 14.9 Å². The molecule has 0 radical (unpaired) electrons. The van der Waals surface area contributed by atoms with Crippen LogP contribution in [0.4, 0.5) is 14.9 Å². The lowest BCUT2D eigenvalue weighted by molar-refractivity contribution is -0.122. The Morgan fingerprint density at radius 3 is 2.36 bits per heavy atom. The number of urea groups is 1. The van der Waals surface area contributed by atoms with Gasteiger partial charge in [0.15, 0.2) is 11.5 Å². The third kappa shape index (κ3) is 5.43. The third-order valence-electron chi connectivity index (χ3n) is 5.57. The van der Waals surface area contributed by atoms with Crippen LogP contribution in [0.25, 0.3) is 6.08 Å². The van der Waals surface area contributed by atoms with Gasteiger partial charge in [0.1, 0.15) is 18.0 Å². The first-order valence-corrected chi connectivity index (χ1v) is 11.5. The molecule has 8 heteroatoms. The van der Waals surface area contributed by atoms with Gasteiger partial charge in [-0.05, 0) is 72.5 Å². The van der Waals surface area contributed by atoms with Crippen LogP contribution in [-0.4, -0.2) is 24.5 Å². The highest BCUT2D eigenvalue weighted by Gasteiger charge is 2.36. The number of amides is 4. The number of anilines is 1. The number of carbonyl (C=O) groups excluding carboxylic acids is 3. The number of rotatable bonds is 8. The molecule has 1 aliphatic rings. The lowest BCUT2D eigenvalue weighted by atomic mass is 10.1. The number of benzene rings is 3. The van der Waals surface area contributed by atoms with Crippen molar-refractivity contribution in [3.8, 4) is 11.5 Å². The summed E-state index contributed by atoms with van der Waals surface area (Å²) in [5.41, 5.74) is 2.39. The van der Waals surface area contributed by atoms with Crippen LogP contribution in [0.15, 0.2) is 72.3 Å². The fourth-order valence-corrected chi connectivity index (χ4v) is 3.73. The number of hydrogen-bond donors (Lipinski definition) is 1. The van der Waals surface area contributed by atoms with Gasteiger partial charge < -0.3 is 9.47 Å². The molecule has 7 nitrogen and oxygen atoms in total. The molecule has 3 aromatic rings. The normalized spacial score (nSPS) is 14.7. The summed E-state index contributed by atoms with van der Waals surface area (Å²) in [6, 6.07) is 17.2. The van der Waals surface area contributed by atoms with Gasteiger partial charge in [0.05, 0.1) is 12.3 Å². The summed E-state index contributed by atoms with van der Waals surface area (Å²) in [5.74, 6) is -1.04. The zero-order valence-corrected chi connectivity index (χ0v) is 19.9. The van der Waals surface area contributed by atoms with E-state index in [-0.39, 0.29) is 18.0 Å². The maximum absolute atomic E-state index is 13.5. The second-order valence-corrected chi connectivity index (χ2v) is 8.04. The number of halogens is 1. The number of barbiturate groups is 1. The molecule has 0 atom stereocenters. The van der Waals surface area contributed by atoms with E-state index < -0.39 is 17.8 Å². The molecule has 4 amide bonds. The van der Waals surface area contributed by atoms with Gasteiger partial charge in [-0.25, -0.2) is 14.1 Å². The number of carbonyl (C=O) groups is 3. The second-order valence-electron chi connectivity index (χ2n) is 8.04. The van der Waals surface area contributed by atoms with E-state index in [4.69, 9.17) is 9.47 Å². The van der Waals surface area contributed by atoms with Crippen molar-refractivity contribution in [2.24, 2.45) is 0 Å². The first kappa shape index (κ1) is 24.7. The maximum atomic E-state index is 13.5. The topological polar surface area (TPSA) is 84.9 Å². The van der Waals surface area contributed by atoms with Crippen LogP contribution in [0, 0.1) is 5.82 Å². The van der Waals surface area contributed by atoms with E-state index in [0.717, 1.165) is 16.9 Å². The van der Waals surface area contributed by atoms with E-state index in [9.17, 15) is 18.8 Å². The molecule has 1 aliphatic heterocycles. The van der Waals surface area contributed by atoms with Crippen molar-refractivity contribution in [2.45, 2.75) is 26.9 Å². The SMILES string of the molecule is CCOc1cc(/C=C2\C(=O)NC(=O)N(c3ccc(CC)cc3)C2=O)ccc1OCc1cccc(F)c1. The number of hydrogen-bond acceptors (Lipinski definition) is 5. The summed E-state index contributed by atoms with van der Waals surface area (Å²) in [6.07, 6.45) is 2.21. The number of nitrogens with one attached hydrogen (secondary N) is 1. The molecule has 184 valence electrons. The molecule has 0 spiro atoms. The average molecular weight is 489 g/mol. The van der Waals surface area contributed by atoms with Crippen molar-refractivity contribution >= 4 is 29.6 Å². The third-order valence-corrected chi connectivity index (χ3v) is 5.57. The summed E-state index contributed by atoms with van der Waals surface area (Å²) >= 11 is 0. The van der Waals surface area contributed by atoms with Crippen LogP contribution in [-0.2, 0) is 22.6 Å². The number of aryl methyl sites for hydroxylation is 1. The smallest absolute Gasteiger partial charge is 0.335 e. The zero-order valence-electron chi connectivity index (χ0n) is 19.9. The number of nitrogens with zero attached hydrogens (tertiary/aromatic N) is 1. The summed E-state index contributed by atoms with van der Waals surface area (Å²) in [6.45, 7) is 4.30. The molecule has 0 unspecified atom stereocenters. The molecule has 4 rings (SSSR count). The molecule has 0 aromatic heterocycles. The Labute approximate surface area is 208 Å². The van der Waals surface area contributed by atoms with Gasteiger partial charge in [0.2, 0.25) is 0 Å². The van der Waals surface area contributed by atoms with Gasteiger partial charge >= 0.3 is 6.03 Å². The van der Waals surface area contributed by atoms with E-state index in [1.807, 2.05) is 26.0 Å². The Morgan fingerprint density at radius 2 is 1.67 bits per heavy atom. The fourth-order valence-electron chi connectivity index (χ4n) is 3.73. The monoisotopic (exact) mass is 488 g/mol. The molecule has 1 heterocycles. The minimum atomic E-state index is -0.803. The van der Waals surface area contributed by atoms with Crippen LogP contribution < -0.4 is 19.7 Å². The zero-order chi connectivity index (χ0) is 25.7. The molecule has 1 fully saturated rings. The van der Waals surface area contributed by atoms with Crippen LogP contribution in [0.3, 0.4) is 0 Å². The number of imide groups is 2. The van der Waals surface area contributed by atoms with Gasteiger partial charge in [-0.2, -0.15) is 0 Å². The largest absolute Gasteiger partial charge is 0.490 e. The first-order valence-electron chi connectivity index (χ1n) is 11.5. The minimum Gasteiger partial charge on any atom is -0.490 e. The minimum absolute atomic E-state index is 0.132. The lowest BCUT2D eigenvalue weighted by Gasteiger charge is -2.26. The molecule has 0 aliphatic carbocycles. The molecule has 3 aromatic carbocycles. The Morgan fingerprint density at radius 1 is 0.889 bits per heavy atom.